The highest BCUT2D eigenvalue weighted by Gasteiger charge is 2.19. The normalized spacial score (nSPS) is 13.4. The Morgan fingerprint density at radius 3 is 1.79 bits per heavy atom. The number of hydrogen-bond acceptors (Lipinski definition) is 0. The van der Waals surface area contributed by atoms with Crippen LogP contribution in [-0.4, -0.2) is 0 Å². The minimum absolute atomic E-state index is 1.25. The van der Waals surface area contributed by atoms with Crippen molar-refractivity contribution in [2.24, 2.45) is 0 Å². The van der Waals surface area contributed by atoms with Gasteiger partial charge in [-0.3, -0.25) is 0 Å². The van der Waals surface area contributed by atoms with Crippen LogP contribution in [0.1, 0.15) is 24.0 Å². The first-order valence-electron chi connectivity index (χ1n) is 12.4. The Kier molecular flexibility index (Phi) is 4.52. The van der Waals surface area contributed by atoms with Crippen molar-refractivity contribution in [3.05, 3.63) is 120 Å². The molecule has 0 atom stereocenters. The predicted molar refractivity (Wildman–Crippen MR) is 146 cm³/mol. The molecule has 0 bridgehead atoms. The third kappa shape index (κ3) is 2.99. The lowest BCUT2D eigenvalue weighted by Gasteiger charge is -2.18. The Labute approximate surface area is 200 Å². The third-order valence-corrected chi connectivity index (χ3v) is 7.67. The molecule has 6 aromatic carbocycles. The van der Waals surface area contributed by atoms with E-state index in [0.717, 1.165) is 0 Å². The first-order valence-corrected chi connectivity index (χ1v) is 12.4. The second kappa shape index (κ2) is 7.85. The Morgan fingerprint density at radius 1 is 0.382 bits per heavy atom. The Hall–Kier alpha value is -3.90. The zero-order valence-electron chi connectivity index (χ0n) is 19.2. The van der Waals surface area contributed by atoms with E-state index in [-0.39, 0.29) is 0 Å². The van der Waals surface area contributed by atoms with E-state index in [1.165, 1.54) is 80.3 Å². The molecule has 2 aliphatic carbocycles. The molecule has 0 unspecified atom stereocenters. The van der Waals surface area contributed by atoms with Gasteiger partial charge in [-0.05, 0) is 91.4 Å². The quantitative estimate of drug-likeness (QED) is 0.209. The molecule has 0 fully saturated rings. The molecule has 6 aromatic rings. The second-order valence-corrected chi connectivity index (χ2v) is 9.55. The van der Waals surface area contributed by atoms with E-state index >= 15 is 0 Å². The second-order valence-electron chi connectivity index (χ2n) is 9.55. The summed E-state index contributed by atoms with van der Waals surface area (Å²) in [5.74, 6) is 0. The smallest absolute Gasteiger partial charge is 0.00264 e. The third-order valence-electron chi connectivity index (χ3n) is 7.67. The van der Waals surface area contributed by atoms with E-state index in [9.17, 15) is 0 Å². The van der Waals surface area contributed by atoms with Gasteiger partial charge in [0.25, 0.3) is 0 Å². The van der Waals surface area contributed by atoms with Crippen LogP contribution < -0.4 is 0 Å². The Bertz CT molecular complexity index is 1650. The van der Waals surface area contributed by atoms with Crippen LogP contribution in [0.4, 0.5) is 0 Å². The number of fused-ring (bicyclic) bond motifs is 8. The minimum Gasteiger partial charge on any atom is -0.0616 e. The van der Waals surface area contributed by atoms with Crippen molar-refractivity contribution in [2.75, 3.05) is 0 Å². The van der Waals surface area contributed by atoms with Gasteiger partial charge in [-0.25, -0.2) is 0 Å². The summed E-state index contributed by atoms with van der Waals surface area (Å²) in [6, 6.07) is 39.7. The number of hydrogen-bond donors (Lipinski definition) is 0. The summed E-state index contributed by atoms with van der Waals surface area (Å²) in [5, 5.41) is 8.39. The molecule has 34 heavy (non-hydrogen) atoms. The molecule has 0 N–H and O–H groups in total. The van der Waals surface area contributed by atoms with E-state index in [2.05, 4.69) is 109 Å². The van der Waals surface area contributed by atoms with Gasteiger partial charge in [0, 0.05) is 0 Å². The fourth-order valence-electron chi connectivity index (χ4n) is 6.09. The van der Waals surface area contributed by atoms with E-state index in [1.54, 1.807) is 11.1 Å². The summed E-state index contributed by atoms with van der Waals surface area (Å²) in [6.45, 7) is 0. The highest BCUT2D eigenvalue weighted by Crippen LogP contribution is 2.46. The van der Waals surface area contributed by atoms with Crippen molar-refractivity contribution in [3.63, 3.8) is 0 Å². The molecule has 0 saturated carbocycles. The average Bonchev–Trinajstić information content (AvgIpc) is 3.24. The summed E-state index contributed by atoms with van der Waals surface area (Å²) in [7, 11) is 0. The van der Waals surface area contributed by atoms with Crippen molar-refractivity contribution in [2.45, 2.75) is 25.7 Å². The standard InChI is InChI=1S/C18H16.C16H10/c1-3-7-15-13(5-1)9-11-18-16-8-4-2-6-14(16)10-12-17(15)18;1-2-8-13-12(7-1)14-9-3-5-11-6-4-10-15(13)16(11)14/h1,3,5,7,9-12H,2,4,6,8H2;1-10H. The average molecular weight is 435 g/mol. The molecule has 162 valence electrons. The molecule has 0 amide bonds. The van der Waals surface area contributed by atoms with Crippen LogP contribution in [0.5, 0.6) is 0 Å². The molecular formula is C34H26. The summed E-state index contributed by atoms with van der Waals surface area (Å²) in [5.41, 5.74) is 8.67. The van der Waals surface area contributed by atoms with Crippen molar-refractivity contribution in [1.29, 1.82) is 0 Å². The molecule has 0 heterocycles. The lowest BCUT2D eigenvalue weighted by atomic mass is 9.86. The zero-order chi connectivity index (χ0) is 22.5. The van der Waals surface area contributed by atoms with Crippen molar-refractivity contribution < 1.29 is 0 Å². The van der Waals surface area contributed by atoms with Gasteiger partial charge in [-0.1, -0.05) is 109 Å². The maximum atomic E-state index is 2.35. The highest BCUT2D eigenvalue weighted by atomic mass is 14.2. The molecule has 0 aliphatic heterocycles. The first kappa shape index (κ1) is 19.6. The maximum absolute atomic E-state index is 2.35. The molecule has 2 aliphatic rings. The van der Waals surface area contributed by atoms with Crippen molar-refractivity contribution >= 4 is 32.3 Å². The van der Waals surface area contributed by atoms with Gasteiger partial charge in [0.15, 0.2) is 0 Å². The van der Waals surface area contributed by atoms with Gasteiger partial charge in [0.1, 0.15) is 0 Å². The monoisotopic (exact) mass is 434 g/mol. The van der Waals surface area contributed by atoms with E-state index in [1.807, 2.05) is 0 Å². The first-order chi connectivity index (χ1) is 16.9. The molecule has 0 aromatic heterocycles. The molecule has 0 nitrogen and oxygen atoms in total. The van der Waals surface area contributed by atoms with Crippen LogP contribution in [0.3, 0.4) is 0 Å². The topological polar surface area (TPSA) is 0 Å². The molecule has 0 radical (unpaired) electrons. The number of aryl methyl sites for hydroxylation is 2. The van der Waals surface area contributed by atoms with Gasteiger partial charge in [-0.15, -0.1) is 0 Å². The van der Waals surface area contributed by atoms with Crippen LogP contribution in [0.15, 0.2) is 109 Å². The van der Waals surface area contributed by atoms with Crippen LogP contribution in [0.2, 0.25) is 0 Å². The fraction of sp³-hybridized carbons (Fsp3) is 0.118. The lowest BCUT2D eigenvalue weighted by Crippen LogP contribution is -2.02. The van der Waals surface area contributed by atoms with Gasteiger partial charge < -0.3 is 0 Å². The molecule has 0 spiro atoms. The van der Waals surface area contributed by atoms with Gasteiger partial charge >= 0.3 is 0 Å². The van der Waals surface area contributed by atoms with Crippen molar-refractivity contribution in [3.8, 4) is 22.3 Å². The minimum atomic E-state index is 1.25. The molecule has 8 rings (SSSR count). The van der Waals surface area contributed by atoms with Gasteiger partial charge in [0.05, 0.1) is 0 Å². The predicted octanol–water partition coefficient (Wildman–Crippen LogP) is 9.36. The van der Waals surface area contributed by atoms with E-state index in [0.29, 0.717) is 0 Å². The summed E-state index contributed by atoms with van der Waals surface area (Å²) in [6.07, 6.45) is 5.22. The van der Waals surface area contributed by atoms with Gasteiger partial charge in [0.2, 0.25) is 0 Å². The summed E-state index contributed by atoms with van der Waals surface area (Å²) < 4.78 is 0. The molecular weight excluding hydrogens is 408 g/mol. The fourth-order valence-corrected chi connectivity index (χ4v) is 6.09. The largest absolute Gasteiger partial charge is 0.0616 e. The lowest BCUT2D eigenvalue weighted by molar-refractivity contribution is 0.690. The molecule has 0 heteroatoms. The van der Waals surface area contributed by atoms with Crippen molar-refractivity contribution in [1.82, 2.24) is 0 Å². The zero-order valence-corrected chi connectivity index (χ0v) is 19.2. The van der Waals surface area contributed by atoms with E-state index < -0.39 is 0 Å². The number of rotatable bonds is 0. The highest BCUT2D eigenvalue weighted by molar-refractivity contribution is 6.15. The van der Waals surface area contributed by atoms with Crippen LogP contribution >= 0.6 is 0 Å². The molecule has 0 saturated heterocycles. The Morgan fingerprint density at radius 2 is 1.00 bits per heavy atom. The summed E-state index contributed by atoms with van der Waals surface area (Å²) >= 11 is 0. The van der Waals surface area contributed by atoms with Crippen LogP contribution in [0.25, 0.3) is 54.6 Å². The van der Waals surface area contributed by atoms with E-state index in [4.69, 9.17) is 0 Å². The van der Waals surface area contributed by atoms with Crippen LogP contribution in [0, 0.1) is 0 Å². The SMILES string of the molecule is c1ccc2c(c1)-c1cccc3cccc-2c13.c1ccc2c(c1)ccc1c3c(ccc12)CCCC3. The summed E-state index contributed by atoms with van der Waals surface area (Å²) in [4.78, 5) is 0. The van der Waals surface area contributed by atoms with Gasteiger partial charge in [-0.2, -0.15) is 0 Å². The maximum Gasteiger partial charge on any atom is -0.00264 e. The van der Waals surface area contributed by atoms with Crippen LogP contribution in [-0.2, 0) is 12.8 Å². The number of benzene rings is 6. The Balaban J connectivity index is 0.000000118.